The lowest BCUT2D eigenvalue weighted by molar-refractivity contribution is 0.534. The summed E-state index contributed by atoms with van der Waals surface area (Å²) in [5, 5.41) is 3.75. The van der Waals surface area contributed by atoms with Gasteiger partial charge in [-0.3, -0.25) is 0 Å². The Bertz CT molecular complexity index is 639. The molecule has 2 atom stereocenters. The van der Waals surface area contributed by atoms with Crippen LogP contribution < -0.4 is 5.32 Å². The number of hydrogen-bond donors (Lipinski definition) is 1. The lowest BCUT2D eigenvalue weighted by Crippen LogP contribution is -2.19. The van der Waals surface area contributed by atoms with Crippen molar-refractivity contribution >= 4 is 21.6 Å². The van der Waals surface area contributed by atoms with Crippen molar-refractivity contribution in [1.82, 2.24) is 0 Å². The highest BCUT2D eigenvalue weighted by atomic mass is 79.9. The van der Waals surface area contributed by atoms with Crippen LogP contribution in [0.25, 0.3) is 0 Å². The molecule has 1 nitrogen and oxygen atoms in total. The predicted molar refractivity (Wildman–Crippen MR) is 94.1 cm³/mol. The quantitative estimate of drug-likeness (QED) is 0.692. The number of aryl methyl sites for hydroxylation is 2. The Kier molecular flexibility index (Phi) is 4.08. The number of rotatable bonds is 2. The fourth-order valence-electron chi connectivity index (χ4n) is 3.39. The van der Waals surface area contributed by atoms with Crippen molar-refractivity contribution in [1.29, 1.82) is 0 Å². The van der Waals surface area contributed by atoms with E-state index in [1.807, 2.05) is 0 Å². The van der Waals surface area contributed by atoms with Crippen molar-refractivity contribution in [3.63, 3.8) is 0 Å². The molecule has 2 aromatic rings. The number of halogens is 1. The van der Waals surface area contributed by atoms with Gasteiger partial charge in [-0.05, 0) is 67.0 Å². The third-order valence-electron chi connectivity index (χ3n) is 4.57. The second-order valence-electron chi connectivity index (χ2n) is 6.23. The lowest BCUT2D eigenvalue weighted by Gasteiger charge is -2.31. The largest absolute Gasteiger partial charge is 0.378 e. The zero-order valence-electron chi connectivity index (χ0n) is 12.9. The van der Waals surface area contributed by atoms with Crippen LogP contribution in [0.5, 0.6) is 0 Å². The summed E-state index contributed by atoms with van der Waals surface area (Å²) in [6.07, 6.45) is 2.45. The summed E-state index contributed by atoms with van der Waals surface area (Å²) < 4.78 is 1.21. The topological polar surface area (TPSA) is 12.0 Å². The zero-order valence-corrected chi connectivity index (χ0v) is 14.5. The van der Waals surface area contributed by atoms with Crippen LogP contribution >= 0.6 is 15.9 Å². The van der Waals surface area contributed by atoms with E-state index in [2.05, 4.69) is 78.4 Å². The highest BCUT2D eigenvalue weighted by Gasteiger charge is 2.24. The van der Waals surface area contributed by atoms with Gasteiger partial charge in [0.1, 0.15) is 0 Å². The summed E-state index contributed by atoms with van der Waals surface area (Å²) in [6, 6.07) is 13.8. The molecule has 0 amide bonds. The van der Waals surface area contributed by atoms with E-state index in [4.69, 9.17) is 0 Å². The van der Waals surface area contributed by atoms with E-state index in [0.29, 0.717) is 12.0 Å². The Balaban J connectivity index is 1.91. The van der Waals surface area contributed by atoms with Gasteiger partial charge in [0, 0.05) is 10.2 Å². The first kappa shape index (κ1) is 14.6. The van der Waals surface area contributed by atoms with Crippen LogP contribution in [0.2, 0.25) is 0 Å². The van der Waals surface area contributed by atoms with E-state index in [9.17, 15) is 0 Å². The summed E-state index contributed by atoms with van der Waals surface area (Å²) >= 11 is 3.64. The van der Waals surface area contributed by atoms with Gasteiger partial charge in [0.25, 0.3) is 0 Å². The molecule has 0 saturated heterocycles. The second-order valence-corrected chi connectivity index (χ2v) is 7.02. The smallest absolute Gasteiger partial charge is 0.0516 e. The van der Waals surface area contributed by atoms with Crippen molar-refractivity contribution in [2.45, 2.75) is 45.6 Å². The first-order valence-corrected chi connectivity index (χ1v) is 8.47. The van der Waals surface area contributed by atoms with Crippen molar-refractivity contribution < 1.29 is 0 Å². The number of anilines is 1. The third-order valence-corrected chi connectivity index (χ3v) is 5.82. The summed E-state index contributed by atoms with van der Waals surface area (Å²) in [7, 11) is 0. The highest BCUT2D eigenvalue weighted by molar-refractivity contribution is 9.10. The van der Waals surface area contributed by atoms with E-state index in [1.165, 1.54) is 45.3 Å². The minimum absolute atomic E-state index is 0.428. The van der Waals surface area contributed by atoms with Crippen LogP contribution in [0.3, 0.4) is 0 Å². The first-order chi connectivity index (χ1) is 10.1. The highest BCUT2D eigenvalue weighted by Crippen LogP contribution is 2.39. The monoisotopic (exact) mass is 343 g/mol. The van der Waals surface area contributed by atoms with Crippen LogP contribution in [-0.4, -0.2) is 0 Å². The van der Waals surface area contributed by atoms with Gasteiger partial charge in [0.15, 0.2) is 0 Å². The molecule has 110 valence electrons. The molecule has 0 aromatic heterocycles. The maximum atomic E-state index is 3.75. The van der Waals surface area contributed by atoms with Crippen molar-refractivity contribution in [2.24, 2.45) is 0 Å². The summed E-state index contributed by atoms with van der Waals surface area (Å²) in [5.74, 6) is 0.674. The molecular weight excluding hydrogens is 322 g/mol. The molecule has 0 aliphatic heterocycles. The van der Waals surface area contributed by atoms with Gasteiger partial charge in [-0.2, -0.15) is 0 Å². The van der Waals surface area contributed by atoms with Gasteiger partial charge in [-0.1, -0.05) is 47.1 Å². The molecule has 0 heterocycles. The summed E-state index contributed by atoms with van der Waals surface area (Å²) in [4.78, 5) is 0. The maximum Gasteiger partial charge on any atom is 0.0516 e. The molecule has 2 aromatic carbocycles. The van der Waals surface area contributed by atoms with Crippen molar-refractivity contribution in [3.8, 4) is 0 Å². The Morgan fingerprint density at radius 1 is 1.00 bits per heavy atom. The molecular formula is C19H22BrN. The van der Waals surface area contributed by atoms with E-state index >= 15 is 0 Å². The number of hydrogen-bond acceptors (Lipinski definition) is 1. The van der Waals surface area contributed by atoms with Crippen LogP contribution in [0.4, 0.5) is 5.69 Å². The van der Waals surface area contributed by atoms with Gasteiger partial charge in [-0.25, -0.2) is 0 Å². The average molecular weight is 344 g/mol. The SMILES string of the molecule is Cc1cc(NC2CCC(C)c3ccccc32)cc(C)c1Br. The molecule has 1 N–H and O–H groups in total. The van der Waals surface area contributed by atoms with Crippen LogP contribution in [0.1, 0.15) is 54.0 Å². The second kappa shape index (κ2) is 5.84. The van der Waals surface area contributed by atoms with Crippen molar-refractivity contribution in [3.05, 3.63) is 63.1 Å². The number of benzene rings is 2. The molecule has 0 bridgehead atoms. The molecule has 2 heteroatoms. The molecule has 3 rings (SSSR count). The van der Waals surface area contributed by atoms with Crippen LogP contribution in [0, 0.1) is 13.8 Å². The normalized spacial score (nSPS) is 21.0. The fourth-order valence-corrected chi connectivity index (χ4v) is 3.61. The Morgan fingerprint density at radius 3 is 2.29 bits per heavy atom. The molecule has 0 saturated carbocycles. The number of fused-ring (bicyclic) bond motifs is 1. The van der Waals surface area contributed by atoms with Gasteiger partial charge >= 0.3 is 0 Å². The molecule has 1 aliphatic carbocycles. The summed E-state index contributed by atoms with van der Waals surface area (Å²) in [5.41, 5.74) is 6.77. The van der Waals surface area contributed by atoms with Crippen LogP contribution in [-0.2, 0) is 0 Å². The van der Waals surface area contributed by atoms with E-state index < -0.39 is 0 Å². The fraction of sp³-hybridized carbons (Fsp3) is 0.368. The molecule has 2 unspecified atom stereocenters. The Morgan fingerprint density at radius 2 is 1.62 bits per heavy atom. The molecule has 0 radical (unpaired) electrons. The van der Waals surface area contributed by atoms with Gasteiger partial charge < -0.3 is 5.32 Å². The standard InChI is InChI=1S/C19H22BrN/c1-12-8-9-18(17-7-5-4-6-16(12)17)21-15-10-13(2)19(20)14(3)11-15/h4-7,10-12,18,21H,8-9H2,1-3H3. The zero-order chi connectivity index (χ0) is 15.0. The third kappa shape index (κ3) is 2.87. The minimum atomic E-state index is 0.428. The van der Waals surface area contributed by atoms with Crippen molar-refractivity contribution in [2.75, 3.05) is 5.32 Å². The predicted octanol–water partition coefficient (Wildman–Crippen LogP) is 6.12. The molecule has 0 spiro atoms. The maximum absolute atomic E-state index is 3.75. The van der Waals surface area contributed by atoms with Crippen LogP contribution in [0.15, 0.2) is 40.9 Å². The van der Waals surface area contributed by atoms with E-state index in [0.717, 1.165) is 0 Å². The molecule has 21 heavy (non-hydrogen) atoms. The Labute approximate surface area is 135 Å². The van der Waals surface area contributed by atoms with E-state index in [-0.39, 0.29) is 0 Å². The number of nitrogens with one attached hydrogen (secondary N) is 1. The van der Waals surface area contributed by atoms with Gasteiger partial charge in [-0.15, -0.1) is 0 Å². The van der Waals surface area contributed by atoms with Gasteiger partial charge in [0.05, 0.1) is 6.04 Å². The first-order valence-electron chi connectivity index (χ1n) is 7.68. The van der Waals surface area contributed by atoms with E-state index in [1.54, 1.807) is 0 Å². The lowest BCUT2D eigenvalue weighted by atomic mass is 9.81. The summed E-state index contributed by atoms with van der Waals surface area (Å²) in [6.45, 7) is 6.64. The Hall–Kier alpha value is -1.28. The van der Waals surface area contributed by atoms with Gasteiger partial charge in [0.2, 0.25) is 0 Å². The average Bonchev–Trinajstić information content (AvgIpc) is 2.48. The minimum Gasteiger partial charge on any atom is -0.378 e. The molecule has 1 aliphatic rings. The molecule has 0 fully saturated rings.